The highest BCUT2D eigenvalue weighted by Gasteiger charge is 2.68. The molecule has 4 aliphatic rings. The number of nitrogens with zero attached hydrogens (tertiary/aromatic N) is 2. The second-order valence-corrected chi connectivity index (χ2v) is 9.71. The Bertz CT molecular complexity index is 706. The Morgan fingerprint density at radius 3 is 2.32 bits per heavy atom. The van der Waals surface area contributed by atoms with Gasteiger partial charge in [0.2, 0.25) is 0 Å². The van der Waals surface area contributed by atoms with Gasteiger partial charge in [0.25, 0.3) is 0 Å². The lowest BCUT2D eigenvalue weighted by Crippen LogP contribution is -2.59. The third-order valence-electron chi connectivity index (χ3n) is 9.23. The molecule has 4 aliphatic carbocycles. The van der Waals surface area contributed by atoms with Crippen molar-refractivity contribution in [3.63, 3.8) is 0 Å². The van der Waals surface area contributed by atoms with Gasteiger partial charge in [-0.25, -0.2) is 0 Å². The number of carbonyl (C=O) groups excluding carboxylic acids is 1. The van der Waals surface area contributed by atoms with E-state index in [1.807, 2.05) is 0 Å². The van der Waals surface area contributed by atoms with E-state index in [0.717, 1.165) is 38.5 Å². The first-order chi connectivity index (χ1) is 11.8. The molecule has 1 N–H and O–H groups in total. The topological polar surface area (TPSA) is 84.9 Å². The van der Waals surface area contributed by atoms with Gasteiger partial charge in [0.05, 0.1) is 17.6 Å². The predicted molar refractivity (Wildman–Crippen MR) is 91.9 cm³/mol. The summed E-state index contributed by atoms with van der Waals surface area (Å²) in [6.45, 7) is 4.37. The molecule has 0 aromatic carbocycles. The fraction of sp³-hybridized carbons (Fsp3) is 0.857. The van der Waals surface area contributed by atoms with Crippen molar-refractivity contribution >= 4 is 5.78 Å². The van der Waals surface area contributed by atoms with Crippen LogP contribution in [0.1, 0.15) is 71.6 Å². The first kappa shape index (κ1) is 17.0. The summed E-state index contributed by atoms with van der Waals surface area (Å²) in [7, 11) is 0. The molecule has 134 valence electrons. The molecule has 0 bridgehead atoms. The number of hydrogen-bond donors (Lipinski definition) is 1. The minimum absolute atomic E-state index is 0.104. The van der Waals surface area contributed by atoms with Gasteiger partial charge in [0.1, 0.15) is 5.78 Å². The molecule has 4 nitrogen and oxygen atoms in total. The molecule has 0 spiro atoms. The minimum Gasteiger partial charge on any atom is -0.375 e. The van der Waals surface area contributed by atoms with Crippen LogP contribution in [0.4, 0.5) is 0 Å². The van der Waals surface area contributed by atoms with Gasteiger partial charge in [0.15, 0.2) is 5.60 Å². The molecule has 4 saturated carbocycles. The van der Waals surface area contributed by atoms with E-state index in [-0.39, 0.29) is 16.6 Å². The smallest absolute Gasteiger partial charge is 0.156 e. The second-order valence-electron chi connectivity index (χ2n) is 9.71. The molecule has 7 atom stereocenters. The van der Waals surface area contributed by atoms with E-state index in [9.17, 15) is 20.4 Å². The lowest BCUT2D eigenvalue weighted by atomic mass is 9.40. The van der Waals surface area contributed by atoms with Crippen molar-refractivity contribution in [2.24, 2.45) is 34.0 Å². The Morgan fingerprint density at radius 1 is 0.960 bits per heavy atom. The van der Waals surface area contributed by atoms with E-state index in [2.05, 4.69) is 26.0 Å². The van der Waals surface area contributed by atoms with Crippen LogP contribution in [0.3, 0.4) is 0 Å². The van der Waals surface area contributed by atoms with Gasteiger partial charge in [-0.1, -0.05) is 13.8 Å². The zero-order valence-electron chi connectivity index (χ0n) is 15.3. The number of ketones is 1. The fourth-order valence-electron chi connectivity index (χ4n) is 7.50. The number of nitriles is 2. The van der Waals surface area contributed by atoms with Crippen molar-refractivity contribution in [2.45, 2.75) is 77.2 Å². The van der Waals surface area contributed by atoms with Crippen molar-refractivity contribution < 1.29 is 9.90 Å². The number of rotatable bonds is 0. The van der Waals surface area contributed by atoms with Gasteiger partial charge >= 0.3 is 0 Å². The zero-order chi connectivity index (χ0) is 18.1. The van der Waals surface area contributed by atoms with Crippen molar-refractivity contribution in [1.82, 2.24) is 0 Å². The summed E-state index contributed by atoms with van der Waals surface area (Å²) in [5.74, 6) is 1.52. The Morgan fingerprint density at radius 2 is 1.64 bits per heavy atom. The van der Waals surface area contributed by atoms with E-state index >= 15 is 0 Å². The second kappa shape index (κ2) is 5.08. The number of aliphatic hydroxyl groups is 1. The maximum Gasteiger partial charge on any atom is 0.156 e. The molecule has 0 aromatic rings. The van der Waals surface area contributed by atoms with Crippen molar-refractivity contribution in [3.8, 4) is 12.1 Å². The lowest BCUT2D eigenvalue weighted by molar-refractivity contribution is -0.161. The summed E-state index contributed by atoms with van der Waals surface area (Å²) in [4.78, 5) is 12.1. The maximum absolute atomic E-state index is 12.1. The van der Waals surface area contributed by atoms with Crippen molar-refractivity contribution in [3.05, 3.63) is 0 Å². The molecule has 4 heteroatoms. The van der Waals surface area contributed by atoms with Crippen LogP contribution in [-0.2, 0) is 4.79 Å². The third kappa shape index (κ3) is 1.87. The van der Waals surface area contributed by atoms with Crippen molar-refractivity contribution in [2.75, 3.05) is 0 Å². The number of fused-ring (bicyclic) bond motifs is 5. The number of Topliss-reactive ketones (excluding diaryl/α,β-unsaturated/α-hetero) is 1. The molecule has 0 aromatic heterocycles. The third-order valence-corrected chi connectivity index (χ3v) is 9.23. The van der Waals surface area contributed by atoms with Gasteiger partial charge in [-0.05, 0) is 68.1 Å². The minimum atomic E-state index is -1.20. The first-order valence-electron chi connectivity index (χ1n) is 9.82. The fourth-order valence-corrected chi connectivity index (χ4v) is 7.50. The number of hydrogen-bond acceptors (Lipinski definition) is 4. The summed E-state index contributed by atoms with van der Waals surface area (Å²) in [6, 6.07) is 4.82. The molecule has 0 radical (unpaired) electrons. The molecular formula is C21H28N2O2. The van der Waals surface area contributed by atoms with Crippen LogP contribution in [-0.4, -0.2) is 16.5 Å². The molecule has 0 heterocycles. The Labute approximate surface area is 150 Å². The molecule has 0 unspecified atom stereocenters. The quantitative estimate of drug-likeness (QED) is 0.681. The van der Waals surface area contributed by atoms with Crippen LogP contribution < -0.4 is 0 Å². The summed E-state index contributed by atoms with van der Waals surface area (Å²) < 4.78 is 0. The lowest BCUT2D eigenvalue weighted by Gasteiger charge is -2.63. The van der Waals surface area contributed by atoms with Crippen LogP contribution >= 0.6 is 0 Å². The van der Waals surface area contributed by atoms with Gasteiger partial charge in [-0.15, -0.1) is 0 Å². The van der Waals surface area contributed by atoms with Crippen LogP contribution in [0.25, 0.3) is 0 Å². The molecule has 25 heavy (non-hydrogen) atoms. The van der Waals surface area contributed by atoms with Gasteiger partial charge in [-0.3, -0.25) is 4.79 Å². The highest BCUT2D eigenvalue weighted by Crippen LogP contribution is 2.70. The Hall–Kier alpha value is -1.39. The normalized spacial score (nSPS) is 54.6. The zero-order valence-corrected chi connectivity index (χ0v) is 15.3. The Balaban J connectivity index is 1.72. The molecular weight excluding hydrogens is 312 g/mol. The average Bonchev–Trinajstić information content (AvgIpc) is 2.87. The molecule has 4 fully saturated rings. The summed E-state index contributed by atoms with van der Waals surface area (Å²) in [6.07, 6.45) is 6.92. The SMILES string of the molecule is C[C@]12CC[C@@H]3[C@H](CC[C@@]4(C#N)CC(=O)CC[C@]34C)[C@H]1CC[C@@]2(O)C#N. The first-order valence-corrected chi connectivity index (χ1v) is 9.82. The van der Waals surface area contributed by atoms with Gasteiger partial charge < -0.3 is 5.11 Å². The van der Waals surface area contributed by atoms with Crippen LogP contribution in [0.5, 0.6) is 0 Å². The van der Waals surface area contributed by atoms with Gasteiger partial charge in [0, 0.05) is 18.3 Å². The van der Waals surface area contributed by atoms with E-state index in [4.69, 9.17) is 0 Å². The molecule has 4 rings (SSSR count). The van der Waals surface area contributed by atoms with E-state index in [1.54, 1.807) is 0 Å². The summed E-state index contributed by atoms with van der Waals surface area (Å²) >= 11 is 0. The van der Waals surface area contributed by atoms with Gasteiger partial charge in [-0.2, -0.15) is 10.5 Å². The van der Waals surface area contributed by atoms with Crippen LogP contribution in [0, 0.1) is 56.7 Å². The van der Waals surface area contributed by atoms with Crippen molar-refractivity contribution in [1.29, 1.82) is 10.5 Å². The summed E-state index contributed by atoms with van der Waals surface area (Å²) in [5.41, 5.74) is -2.12. The standard InChI is InChI=1S/C21H28N2O2/c1-18-7-3-14(24)11-20(18,12-22)9-4-15-16(18)5-8-19(2)17(15)6-10-21(19,25)13-23/h15-17,25H,3-11H2,1-2H3/t15-,16+,17+,18+,19-,20-,21+/m0/s1. The highest BCUT2D eigenvalue weighted by molar-refractivity contribution is 5.81. The number of carbonyl (C=O) groups is 1. The van der Waals surface area contributed by atoms with Crippen LogP contribution in [0.15, 0.2) is 0 Å². The molecule has 0 saturated heterocycles. The van der Waals surface area contributed by atoms with E-state index in [1.165, 1.54) is 0 Å². The predicted octanol–water partition coefficient (Wildman–Crippen LogP) is 3.75. The molecule has 0 aliphatic heterocycles. The monoisotopic (exact) mass is 340 g/mol. The summed E-state index contributed by atoms with van der Waals surface area (Å²) in [5, 5.41) is 30.5. The van der Waals surface area contributed by atoms with Crippen LogP contribution in [0.2, 0.25) is 0 Å². The maximum atomic E-state index is 12.1. The van der Waals surface area contributed by atoms with E-state index < -0.39 is 11.0 Å². The Kier molecular flexibility index (Phi) is 3.46. The van der Waals surface area contributed by atoms with E-state index in [0.29, 0.717) is 37.0 Å². The molecule has 0 amide bonds. The average molecular weight is 340 g/mol. The largest absolute Gasteiger partial charge is 0.375 e. The highest BCUT2D eigenvalue weighted by atomic mass is 16.3.